The van der Waals surface area contributed by atoms with Gasteiger partial charge >= 0.3 is 0 Å². The van der Waals surface area contributed by atoms with Gasteiger partial charge in [0.1, 0.15) is 5.82 Å². The lowest BCUT2D eigenvalue weighted by molar-refractivity contribution is 0.993. The molecule has 0 aliphatic heterocycles. The summed E-state index contributed by atoms with van der Waals surface area (Å²) in [5.41, 5.74) is 3.71. The van der Waals surface area contributed by atoms with Crippen molar-refractivity contribution in [2.45, 2.75) is 20.8 Å². The number of nitrogens with zero attached hydrogens (tertiary/aromatic N) is 3. The molecule has 3 nitrogen and oxygen atoms in total. The smallest absolute Gasteiger partial charge is 0.126 e. The second kappa shape index (κ2) is 6.64. The van der Waals surface area contributed by atoms with Gasteiger partial charge in [0, 0.05) is 24.4 Å². The summed E-state index contributed by atoms with van der Waals surface area (Å²) in [7, 11) is 1.74. The van der Waals surface area contributed by atoms with Gasteiger partial charge in [-0.05, 0) is 20.8 Å². The summed E-state index contributed by atoms with van der Waals surface area (Å²) in [4.78, 5) is 12.9. The summed E-state index contributed by atoms with van der Waals surface area (Å²) < 4.78 is 0. The lowest BCUT2D eigenvalue weighted by atomic mass is 10.0. The minimum Gasteiger partial charge on any atom is -0.296 e. The molecule has 0 saturated heterocycles. The molecule has 1 rings (SSSR count). The first-order valence-corrected chi connectivity index (χ1v) is 5.87. The number of rotatable bonds is 4. The average Bonchev–Trinajstić information content (AvgIpc) is 2.34. The zero-order valence-corrected chi connectivity index (χ0v) is 11.4. The molecule has 1 aromatic heterocycles. The molecule has 94 valence electrons. The Balaban J connectivity index is 3.50. The van der Waals surface area contributed by atoms with Gasteiger partial charge in [0.15, 0.2) is 0 Å². The second-order valence-electron chi connectivity index (χ2n) is 3.86. The number of hydrogen-bond acceptors (Lipinski definition) is 3. The Labute approximate surface area is 109 Å². The van der Waals surface area contributed by atoms with E-state index in [4.69, 9.17) is 0 Å². The molecule has 3 heteroatoms. The highest BCUT2D eigenvalue weighted by Crippen LogP contribution is 2.19. The molecule has 0 saturated carbocycles. The molecular weight excluding hydrogens is 222 g/mol. The van der Waals surface area contributed by atoms with Crippen LogP contribution in [0.3, 0.4) is 0 Å². The molecule has 0 spiro atoms. The zero-order chi connectivity index (χ0) is 13.5. The van der Waals surface area contributed by atoms with E-state index in [2.05, 4.69) is 21.5 Å². The topological polar surface area (TPSA) is 38.1 Å². The van der Waals surface area contributed by atoms with Crippen LogP contribution in [0.1, 0.15) is 29.7 Å². The van der Waals surface area contributed by atoms with Gasteiger partial charge in [0.25, 0.3) is 0 Å². The molecule has 0 unspecified atom stereocenters. The summed E-state index contributed by atoms with van der Waals surface area (Å²) in [6.07, 6.45) is 9.52. The molecule has 0 aliphatic carbocycles. The Morgan fingerprint density at radius 2 is 2.00 bits per heavy atom. The molecule has 0 bridgehead atoms. The standard InChI is InChI=1S/C15H19N3/c1-6-8-9-13(7-2)15-14(10-16-5)11(3)17-12(4)18-15/h6-10H,2H2,1,3-5H3/b8-6-,13-9+,16-10?. The van der Waals surface area contributed by atoms with Gasteiger partial charge in [-0.3, -0.25) is 4.99 Å². The summed E-state index contributed by atoms with van der Waals surface area (Å²) >= 11 is 0. The molecule has 0 amide bonds. The number of hydrogen-bond donors (Lipinski definition) is 0. The largest absolute Gasteiger partial charge is 0.296 e. The van der Waals surface area contributed by atoms with Crippen LogP contribution in [0.25, 0.3) is 5.57 Å². The van der Waals surface area contributed by atoms with Crippen molar-refractivity contribution in [3.8, 4) is 0 Å². The third-order valence-electron chi connectivity index (χ3n) is 2.47. The van der Waals surface area contributed by atoms with E-state index in [0.717, 1.165) is 28.3 Å². The highest BCUT2D eigenvalue weighted by Gasteiger charge is 2.10. The van der Waals surface area contributed by atoms with Gasteiger partial charge < -0.3 is 0 Å². The second-order valence-corrected chi connectivity index (χ2v) is 3.86. The highest BCUT2D eigenvalue weighted by atomic mass is 14.9. The summed E-state index contributed by atoms with van der Waals surface area (Å²) in [5, 5.41) is 0. The molecule has 1 aromatic rings. The molecule has 0 aromatic carbocycles. The van der Waals surface area contributed by atoms with Crippen molar-refractivity contribution >= 4 is 11.8 Å². The van der Waals surface area contributed by atoms with Crippen LogP contribution in [0, 0.1) is 13.8 Å². The van der Waals surface area contributed by atoms with E-state index in [1.54, 1.807) is 19.3 Å². The van der Waals surface area contributed by atoms with Gasteiger partial charge in [-0.15, -0.1) is 0 Å². The van der Waals surface area contributed by atoms with Crippen molar-refractivity contribution in [3.05, 3.63) is 53.7 Å². The summed E-state index contributed by atoms with van der Waals surface area (Å²) in [6.45, 7) is 9.67. The van der Waals surface area contributed by atoms with E-state index in [1.165, 1.54) is 0 Å². The number of aryl methyl sites for hydroxylation is 2. The fourth-order valence-corrected chi connectivity index (χ4v) is 1.67. The zero-order valence-electron chi connectivity index (χ0n) is 11.4. The van der Waals surface area contributed by atoms with E-state index >= 15 is 0 Å². The molecule has 0 aliphatic rings. The molecule has 0 atom stereocenters. The van der Waals surface area contributed by atoms with E-state index in [0.29, 0.717) is 0 Å². The Kier molecular flexibility index (Phi) is 5.18. The van der Waals surface area contributed by atoms with Crippen molar-refractivity contribution in [1.29, 1.82) is 0 Å². The Bertz CT molecular complexity index is 523. The van der Waals surface area contributed by atoms with Gasteiger partial charge in [0.2, 0.25) is 0 Å². The van der Waals surface area contributed by atoms with Gasteiger partial charge in [-0.1, -0.05) is 30.9 Å². The van der Waals surface area contributed by atoms with Gasteiger partial charge in [-0.2, -0.15) is 0 Å². The quantitative estimate of drug-likeness (QED) is 0.599. The Morgan fingerprint density at radius 1 is 1.28 bits per heavy atom. The fraction of sp³-hybridized carbons (Fsp3) is 0.267. The molecule has 18 heavy (non-hydrogen) atoms. The van der Waals surface area contributed by atoms with Crippen LogP contribution in [0.4, 0.5) is 0 Å². The van der Waals surface area contributed by atoms with Crippen molar-refractivity contribution < 1.29 is 0 Å². The lowest BCUT2D eigenvalue weighted by Crippen LogP contribution is -2.04. The van der Waals surface area contributed by atoms with Crippen molar-refractivity contribution in [3.63, 3.8) is 0 Å². The van der Waals surface area contributed by atoms with Crippen LogP contribution >= 0.6 is 0 Å². The maximum atomic E-state index is 4.50. The maximum Gasteiger partial charge on any atom is 0.126 e. The first-order chi connectivity index (χ1) is 8.63. The molecular formula is C15H19N3. The first-order valence-electron chi connectivity index (χ1n) is 5.87. The monoisotopic (exact) mass is 241 g/mol. The van der Waals surface area contributed by atoms with Crippen LogP contribution in [-0.2, 0) is 0 Å². The minimum atomic E-state index is 0.754. The van der Waals surface area contributed by atoms with Crippen molar-refractivity contribution in [2.24, 2.45) is 4.99 Å². The lowest BCUT2D eigenvalue weighted by Gasteiger charge is -2.09. The number of allylic oxidation sites excluding steroid dienone is 5. The first kappa shape index (κ1) is 14.0. The molecule has 0 fully saturated rings. The predicted octanol–water partition coefficient (Wildman–Crippen LogP) is 3.29. The Morgan fingerprint density at radius 3 is 2.56 bits per heavy atom. The van der Waals surface area contributed by atoms with E-state index in [1.807, 2.05) is 39.0 Å². The molecule has 1 heterocycles. The van der Waals surface area contributed by atoms with Crippen LogP contribution < -0.4 is 0 Å². The molecule has 0 N–H and O–H groups in total. The molecule has 0 radical (unpaired) electrons. The van der Waals surface area contributed by atoms with Crippen molar-refractivity contribution in [1.82, 2.24) is 9.97 Å². The van der Waals surface area contributed by atoms with Crippen LogP contribution in [0.15, 0.2) is 35.9 Å². The Hall–Kier alpha value is -2.03. The van der Waals surface area contributed by atoms with E-state index in [-0.39, 0.29) is 0 Å². The number of aromatic nitrogens is 2. The average molecular weight is 241 g/mol. The number of aliphatic imine (C=N–C) groups is 1. The summed E-state index contributed by atoms with van der Waals surface area (Å²) in [5.74, 6) is 0.754. The highest BCUT2D eigenvalue weighted by molar-refractivity contribution is 5.90. The van der Waals surface area contributed by atoms with Crippen LogP contribution in [-0.4, -0.2) is 23.2 Å². The third kappa shape index (κ3) is 3.23. The van der Waals surface area contributed by atoms with Crippen molar-refractivity contribution in [2.75, 3.05) is 7.05 Å². The minimum absolute atomic E-state index is 0.754. The predicted molar refractivity (Wildman–Crippen MR) is 78.0 cm³/mol. The maximum absolute atomic E-state index is 4.50. The van der Waals surface area contributed by atoms with Gasteiger partial charge in [0.05, 0.1) is 11.4 Å². The SMILES string of the molecule is C=C/C(=C\C=C/C)c1nc(C)nc(C)c1C=NC. The summed E-state index contributed by atoms with van der Waals surface area (Å²) in [6, 6.07) is 0. The fourth-order valence-electron chi connectivity index (χ4n) is 1.67. The third-order valence-corrected chi connectivity index (χ3v) is 2.47. The van der Waals surface area contributed by atoms with E-state index in [9.17, 15) is 0 Å². The van der Waals surface area contributed by atoms with Gasteiger partial charge in [-0.25, -0.2) is 9.97 Å². The van der Waals surface area contributed by atoms with E-state index < -0.39 is 0 Å². The van der Waals surface area contributed by atoms with Crippen LogP contribution in [0.5, 0.6) is 0 Å². The van der Waals surface area contributed by atoms with Crippen LogP contribution in [0.2, 0.25) is 0 Å². The normalized spacial score (nSPS) is 12.6.